The lowest BCUT2D eigenvalue weighted by Crippen LogP contribution is -2.47. The van der Waals surface area contributed by atoms with Gasteiger partial charge in [-0.3, -0.25) is 9.59 Å². The first-order valence-corrected chi connectivity index (χ1v) is 7.60. The van der Waals surface area contributed by atoms with E-state index in [1.807, 2.05) is 13.8 Å². The molecule has 0 radical (unpaired) electrons. The van der Waals surface area contributed by atoms with Crippen LogP contribution in [-0.4, -0.2) is 32.1 Å². The van der Waals surface area contributed by atoms with E-state index in [-0.39, 0.29) is 17.9 Å². The predicted molar refractivity (Wildman–Crippen MR) is 89.9 cm³/mol. The second-order valence-electron chi connectivity index (χ2n) is 5.93. The van der Waals surface area contributed by atoms with Crippen molar-refractivity contribution in [3.63, 3.8) is 0 Å². The molecule has 1 aromatic carbocycles. The number of nitrogens with one attached hydrogen (secondary N) is 2. The molecule has 1 unspecified atom stereocenters. The number of benzene rings is 1. The molecule has 2 amide bonds. The molecule has 0 heterocycles. The molecule has 0 saturated heterocycles. The zero-order chi connectivity index (χ0) is 17.6. The molecule has 0 aromatic heterocycles. The van der Waals surface area contributed by atoms with Gasteiger partial charge in [-0.1, -0.05) is 6.92 Å². The van der Waals surface area contributed by atoms with Crippen molar-refractivity contribution in [3.05, 3.63) is 18.2 Å². The fourth-order valence-electron chi connectivity index (χ4n) is 1.81. The average Bonchev–Trinajstić information content (AvgIpc) is 2.54. The Morgan fingerprint density at radius 3 is 2.26 bits per heavy atom. The molecule has 128 valence electrons. The highest BCUT2D eigenvalue weighted by molar-refractivity contribution is 6.10. The Bertz CT molecular complexity index is 570. The molecule has 0 aliphatic carbocycles. The number of ether oxygens (including phenoxy) is 2. The van der Waals surface area contributed by atoms with E-state index in [4.69, 9.17) is 9.47 Å². The Morgan fingerprint density at radius 1 is 1.13 bits per heavy atom. The van der Waals surface area contributed by atoms with E-state index >= 15 is 0 Å². The number of amides is 2. The van der Waals surface area contributed by atoms with Crippen LogP contribution < -0.4 is 20.1 Å². The summed E-state index contributed by atoms with van der Waals surface area (Å²) in [4.78, 5) is 24.7. The summed E-state index contributed by atoms with van der Waals surface area (Å²) >= 11 is 0. The quantitative estimate of drug-likeness (QED) is 0.757. The maximum absolute atomic E-state index is 12.5. The third-order valence-corrected chi connectivity index (χ3v) is 3.77. The maximum Gasteiger partial charge on any atom is 0.239 e. The topological polar surface area (TPSA) is 76.7 Å². The summed E-state index contributed by atoms with van der Waals surface area (Å²) in [6.45, 7) is 7.07. The van der Waals surface area contributed by atoms with Gasteiger partial charge >= 0.3 is 0 Å². The van der Waals surface area contributed by atoms with Crippen LogP contribution in [0.15, 0.2) is 18.2 Å². The highest BCUT2D eigenvalue weighted by Crippen LogP contribution is 2.30. The fourth-order valence-corrected chi connectivity index (χ4v) is 1.81. The van der Waals surface area contributed by atoms with E-state index in [0.29, 0.717) is 17.2 Å². The van der Waals surface area contributed by atoms with E-state index in [2.05, 4.69) is 10.6 Å². The molecule has 1 atom stereocenters. The van der Waals surface area contributed by atoms with Gasteiger partial charge in [-0.05, 0) is 39.3 Å². The Kier molecular flexibility index (Phi) is 6.42. The van der Waals surface area contributed by atoms with Crippen LogP contribution in [0.4, 0.5) is 5.69 Å². The molecule has 6 nitrogen and oxygen atoms in total. The zero-order valence-electron chi connectivity index (χ0n) is 14.6. The molecule has 0 aliphatic rings. The van der Waals surface area contributed by atoms with Crippen LogP contribution in [0.1, 0.15) is 34.1 Å². The monoisotopic (exact) mass is 322 g/mol. The predicted octanol–water partition coefficient (Wildman–Crippen LogP) is 2.58. The maximum atomic E-state index is 12.5. The van der Waals surface area contributed by atoms with Gasteiger partial charge < -0.3 is 20.1 Å². The molecule has 23 heavy (non-hydrogen) atoms. The van der Waals surface area contributed by atoms with Crippen molar-refractivity contribution in [2.45, 2.75) is 40.2 Å². The third-order valence-electron chi connectivity index (χ3n) is 3.77. The van der Waals surface area contributed by atoms with E-state index < -0.39 is 5.41 Å². The normalized spacial score (nSPS) is 12.3. The minimum Gasteiger partial charge on any atom is -0.493 e. The summed E-state index contributed by atoms with van der Waals surface area (Å²) in [5.41, 5.74) is -0.645. The van der Waals surface area contributed by atoms with Crippen molar-refractivity contribution >= 4 is 17.5 Å². The van der Waals surface area contributed by atoms with Crippen LogP contribution in [0.25, 0.3) is 0 Å². The number of anilines is 1. The first-order chi connectivity index (χ1) is 10.8. The van der Waals surface area contributed by atoms with Crippen molar-refractivity contribution in [1.29, 1.82) is 0 Å². The first-order valence-electron chi connectivity index (χ1n) is 7.60. The van der Waals surface area contributed by atoms with Crippen LogP contribution in [0.2, 0.25) is 0 Å². The van der Waals surface area contributed by atoms with Crippen molar-refractivity contribution in [3.8, 4) is 11.5 Å². The number of carbonyl (C=O) groups is 2. The molecule has 1 aromatic rings. The molecule has 6 heteroatoms. The van der Waals surface area contributed by atoms with Crippen molar-refractivity contribution in [2.75, 3.05) is 19.5 Å². The Morgan fingerprint density at radius 2 is 1.74 bits per heavy atom. The van der Waals surface area contributed by atoms with Crippen LogP contribution in [0.5, 0.6) is 11.5 Å². The summed E-state index contributed by atoms with van der Waals surface area (Å²) in [6.07, 6.45) is 0.805. The van der Waals surface area contributed by atoms with Gasteiger partial charge in [-0.25, -0.2) is 0 Å². The molecular formula is C17H26N2O4. The second kappa shape index (κ2) is 7.85. The number of rotatable bonds is 7. The number of hydrogen-bond donors (Lipinski definition) is 2. The summed E-state index contributed by atoms with van der Waals surface area (Å²) in [5, 5.41) is 5.58. The highest BCUT2D eigenvalue weighted by atomic mass is 16.5. The van der Waals surface area contributed by atoms with E-state index in [9.17, 15) is 9.59 Å². The Labute approximate surface area is 137 Å². The van der Waals surface area contributed by atoms with Crippen LogP contribution >= 0.6 is 0 Å². The number of methoxy groups -OCH3 is 2. The largest absolute Gasteiger partial charge is 0.493 e. The minimum absolute atomic E-state index is 0.0238. The summed E-state index contributed by atoms with van der Waals surface area (Å²) < 4.78 is 10.4. The molecule has 0 saturated carbocycles. The molecule has 0 spiro atoms. The van der Waals surface area contributed by atoms with E-state index in [1.165, 1.54) is 7.11 Å². The second-order valence-corrected chi connectivity index (χ2v) is 5.93. The van der Waals surface area contributed by atoms with Gasteiger partial charge in [0.1, 0.15) is 5.41 Å². The van der Waals surface area contributed by atoms with Crippen LogP contribution in [0, 0.1) is 5.41 Å². The van der Waals surface area contributed by atoms with Gasteiger partial charge in [0, 0.05) is 17.8 Å². The molecule has 0 fully saturated rings. The van der Waals surface area contributed by atoms with Gasteiger partial charge in [-0.2, -0.15) is 0 Å². The Hall–Kier alpha value is -2.24. The molecule has 2 N–H and O–H groups in total. The van der Waals surface area contributed by atoms with E-state index in [1.54, 1.807) is 39.2 Å². The smallest absolute Gasteiger partial charge is 0.239 e. The summed E-state index contributed by atoms with van der Waals surface area (Å²) in [5.74, 6) is 0.391. The van der Waals surface area contributed by atoms with E-state index in [0.717, 1.165) is 6.42 Å². The Balaban J connectivity index is 2.87. The lowest BCUT2D eigenvalue weighted by atomic mass is 9.90. The number of hydrogen-bond acceptors (Lipinski definition) is 4. The molecule has 0 bridgehead atoms. The van der Waals surface area contributed by atoms with Crippen molar-refractivity contribution in [1.82, 2.24) is 5.32 Å². The highest BCUT2D eigenvalue weighted by Gasteiger charge is 2.36. The standard InChI is InChI=1S/C17H26N2O4/c1-7-11(2)18-15(20)17(3,4)16(21)19-12-8-9-13(22-5)14(10-12)23-6/h8-11H,7H2,1-6H3,(H,18,20)(H,19,21). The molecule has 1 rings (SSSR count). The summed E-state index contributed by atoms with van der Waals surface area (Å²) in [6, 6.07) is 5.07. The summed E-state index contributed by atoms with van der Waals surface area (Å²) in [7, 11) is 3.06. The van der Waals surface area contributed by atoms with Gasteiger partial charge in [0.25, 0.3) is 0 Å². The molecular weight excluding hydrogens is 296 g/mol. The average molecular weight is 322 g/mol. The van der Waals surface area contributed by atoms with Crippen molar-refractivity contribution < 1.29 is 19.1 Å². The lowest BCUT2D eigenvalue weighted by Gasteiger charge is -2.25. The fraction of sp³-hybridized carbons (Fsp3) is 0.529. The number of carbonyl (C=O) groups excluding carboxylic acids is 2. The van der Waals surface area contributed by atoms with Gasteiger partial charge in [0.15, 0.2) is 11.5 Å². The van der Waals surface area contributed by atoms with Crippen LogP contribution in [0.3, 0.4) is 0 Å². The van der Waals surface area contributed by atoms with Crippen molar-refractivity contribution in [2.24, 2.45) is 5.41 Å². The van der Waals surface area contributed by atoms with Gasteiger partial charge in [0.05, 0.1) is 14.2 Å². The van der Waals surface area contributed by atoms with Crippen LogP contribution in [-0.2, 0) is 9.59 Å². The minimum atomic E-state index is -1.18. The zero-order valence-corrected chi connectivity index (χ0v) is 14.6. The SMILES string of the molecule is CCC(C)NC(=O)C(C)(C)C(=O)Nc1ccc(OC)c(OC)c1. The van der Waals surface area contributed by atoms with Gasteiger partial charge in [-0.15, -0.1) is 0 Å². The lowest BCUT2D eigenvalue weighted by molar-refractivity contribution is -0.138. The molecule has 0 aliphatic heterocycles. The van der Waals surface area contributed by atoms with Gasteiger partial charge in [0.2, 0.25) is 11.8 Å². The third kappa shape index (κ3) is 4.61. The first kappa shape index (κ1) is 18.8.